The van der Waals surface area contributed by atoms with Gasteiger partial charge >= 0.3 is 12.0 Å². The molecule has 7 heteroatoms. The van der Waals surface area contributed by atoms with Crippen LogP contribution in [0.1, 0.15) is 26.7 Å². The minimum atomic E-state index is -0.211. The molecular formula is C17H23N3O4. The van der Waals surface area contributed by atoms with E-state index < -0.39 is 0 Å². The summed E-state index contributed by atoms with van der Waals surface area (Å²) in [6, 6.07) is 6.76. The number of carbonyl (C=O) groups is 3. The van der Waals surface area contributed by atoms with Crippen molar-refractivity contribution in [3.05, 3.63) is 24.3 Å². The first kappa shape index (κ1) is 17.8. The number of ether oxygens (including phenoxy) is 1. The van der Waals surface area contributed by atoms with Crippen molar-refractivity contribution in [1.82, 2.24) is 4.90 Å². The lowest BCUT2D eigenvalue weighted by Crippen LogP contribution is -2.42. The highest BCUT2D eigenvalue weighted by Gasteiger charge is 2.28. The Bertz CT molecular complexity index is 610. The molecule has 1 aliphatic heterocycles. The fourth-order valence-corrected chi connectivity index (χ4v) is 2.66. The van der Waals surface area contributed by atoms with Gasteiger partial charge < -0.3 is 20.3 Å². The number of esters is 1. The Morgan fingerprint density at radius 2 is 1.79 bits per heavy atom. The normalized spacial score (nSPS) is 14.8. The molecule has 0 radical (unpaired) electrons. The van der Waals surface area contributed by atoms with E-state index in [1.807, 2.05) is 0 Å². The SMILES string of the molecule is CCOC(=O)C1CCN(C(=O)Nc2cccc(NC(C)=O)c2)CC1. The molecule has 1 saturated heterocycles. The summed E-state index contributed by atoms with van der Waals surface area (Å²) in [6.07, 6.45) is 1.22. The summed E-state index contributed by atoms with van der Waals surface area (Å²) >= 11 is 0. The minimum Gasteiger partial charge on any atom is -0.466 e. The largest absolute Gasteiger partial charge is 0.466 e. The highest BCUT2D eigenvalue weighted by Crippen LogP contribution is 2.20. The molecule has 7 nitrogen and oxygen atoms in total. The topological polar surface area (TPSA) is 87.7 Å². The summed E-state index contributed by atoms with van der Waals surface area (Å²) in [4.78, 5) is 36.8. The number of rotatable bonds is 4. The second-order valence-electron chi connectivity index (χ2n) is 5.71. The van der Waals surface area contributed by atoms with E-state index in [4.69, 9.17) is 4.74 Å². The van der Waals surface area contributed by atoms with E-state index in [1.54, 1.807) is 36.1 Å². The molecule has 1 aromatic carbocycles. The van der Waals surface area contributed by atoms with Crippen molar-refractivity contribution < 1.29 is 19.1 Å². The van der Waals surface area contributed by atoms with Crippen molar-refractivity contribution in [2.45, 2.75) is 26.7 Å². The highest BCUT2D eigenvalue weighted by molar-refractivity contribution is 5.92. The molecular weight excluding hydrogens is 310 g/mol. The summed E-state index contributed by atoms with van der Waals surface area (Å²) in [5, 5.41) is 5.49. The van der Waals surface area contributed by atoms with E-state index in [2.05, 4.69) is 10.6 Å². The highest BCUT2D eigenvalue weighted by atomic mass is 16.5. The summed E-state index contributed by atoms with van der Waals surface area (Å²) in [7, 11) is 0. The second kappa shape index (κ2) is 8.33. The molecule has 0 atom stereocenters. The van der Waals surface area contributed by atoms with E-state index in [9.17, 15) is 14.4 Å². The van der Waals surface area contributed by atoms with Crippen molar-refractivity contribution >= 4 is 29.3 Å². The summed E-state index contributed by atoms with van der Waals surface area (Å²) < 4.78 is 5.03. The van der Waals surface area contributed by atoms with Gasteiger partial charge in [-0.1, -0.05) is 6.07 Å². The Labute approximate surface area is 141 Å². The number of amides is 3. The van der Waals surface area contributed by atoms with Crippen LogP contribution in [0.25, 0.3) is 0 Å². The summed E-state index contributed by atoms with van der Waals surface area (Å²) in [6.45, 7) is 4.63. The number of nitrogens with one attached hydrogen (secondary N) is 2. The van der Waals surface area contributed by atoms with Crippen molar-refractivity contribution in [3.8, 4) is 0 Å². The van der Waals surface area contributed by atoms with Crippen LogP contribution in [-0.2, 0) is 14.3 Å². The van der Waals surface area contributed by atoms with Crippen LogP contribution >= 0.6 is 0 Å². The molecule has 3 amide bonds. The third-order valence-electron chi connectivity index (χ3n) is 3.84. The fraction of sp³-hybridized carbons (Fsp3) is 0.471. The Hall–Kier alpha value is -2.57. The second-order valence-corrected chi connectivity index (χ2v) is 5.71. The molecule has 0 aromatic heterocycles. The van der Waals surface area contributed by atoms with Crippen LogP contribution in [0.15, 0.2) is 24.3 Å². The average Bonchev–Trinajstić information content (AvgIpc) is 2.55. The number of nitrogens with zero attached hydrogens (tertiary/aromatic N) is 1. The maximum Gasteiger partial charge on any atom is 0.321 e. The molecule has 0 aliphatic carbocycles. The first-order valence-electron chi connectivity index (χ1n) is 8.09. The van der Waals surface area contributed by atoms with Crippen molar-refractivity contribution in [3.63, 3.8) is 0 Å². The molecule has 2 N–H and O–H groups in total. The molecule has 130 valence electrons. The number of anilines is 2. The smallest absolute Gasteiger partial charge is 0.321 e. The van der Waals surface area contributed by atoms with Crippen molar-refractivity contribution in [2.24, 2.45) is 5.92 Å². The van der Waals surface area contributed by atoms with E-state index in [0.29, 0.717) is 43.9 Å². The maximum absolute atomic E-state index is 12.3. The van der Waals surface area contributed by atoms with Gasteiger partial charge in [0.05, 0.1) is 12.5 Å². The lowest BCUT2D eigenvalue weighted by atomic mass is 9.97. The number of urea groups is 1. The van der Waals surface area contributed by atoms with Crippen LogP contribution in [0.5, 0.6) is 0 Å². The first-order valence-corrected chi connectivity index (χ1v) is 8.09. The van der Waals surface area contributed by atoms with Crippen LogP contribution in [-0.4, -0.2) is 42.5 Å². The lowest BCUT2D eigenvalue weighted by molar-refractivity contribution is -0.149. The van der Waals surface area contributed by atoms with Gasteiger partial charge in [0, 0.05) is 31.4 Å². The minimum absolute atomic E-state index is 0.128. The number of likely N-dealkylation sites (tertiary alicyclic amines) is 1. The van der Waals surface area contributed by atoms with Gasteiger partial charge in [0.1, 0.15) is 0 Å². The summed E-state index contributed by atoms with van der Waals surface area (Å²) in [5.74, 6) is -0.475. The third-order valence-corrected chi connectivity index (χ3v) is 3.84. The monoisotopic (exact) mass is 333 g/mol. The molecule has 24 heavy (non-hydrogen) atoms. The van der Waals surface area contributed by atoms with Crippen LogP contribution in [0.2, 0.25) is 0 Å². The van der Waals surface area contributed by atoms with Crippen LogP contribution in [0.3, 0.4) is 0 Å². The first-order chi connectivity index (χ1) is 11.5. The average molecular weight is 333 g/mol. The van der Waals surface area contributed by atoms with Gasteiger partial charge in [-0.05, 0) is 38.0 Å². The van der Waals surface area contributed by atoms with Gasteiger partial charge in [-0.2, -0.15) is 0 Å². The molecule has 0 bridgehead atoms. The lowest BCUT2D eigenvalue weighted by Gasteiger charge is -2.30. The zero-order valence-corrected chi connectivity index (χ0v) is 14.0. The molecule has 1 aliphatic rings. The van der Waals surface area contributed by atoms with Gasteiger partial charge in [0.25, 0.3) is 0 Å². The number of hydrogen-bond acceptors (Lipinski definition) is 4. The van der Waals surface area contributed by atoms with E-state index >= 15 is 0 Å². The van der Waals surface area contributed by atoms with Gasteiger partial charge in [-0.15, -0.1) is 0 Å². The van der Waals surface area contributed by atoms with Crippen molar-refractivity contribution in [2.75, 3.05) is 30.3 Å². The van der Waals surface area contributed by atoms with E-state index in [1.165, 1.54) is 6.92 Å². The molecule has 0 saturated carbocycles. The fourth-order valence-electron chi connectivity index (χ4n) is 2.66. The van der Waals surface area contributed by atoms with Crippen LogP contribution in [0.4, 0.5) is 16.2 Å². The molecule has 1 heterocycles. The van der Waals surface area contributed by atoms with Gasteiger partial charge in [-0.25, -0.2) is 4.79 Å². The Morgan fingerprint density at radius 3 is 2.38 bits per heavy atom. The van der Waals surface area contributed by atoms with Crippen LogP contribution in [0, 0.1) is 5.92 Å². The van der Waals surface area contributed by atoms with Gasteiger partial charge in [0.2, 0.25) is 5.91 Å². The maximum atomic E-state index is 12.3. The molecule has 1 aromatic rings. The predicted octanol–water partition coefficient (Wildman–Crippen LogP) is 2.45. The molecule has 1 fully saturated rings. The molecule has 0 spiro atoms. The van der Waals surface area contributed by atoms with Crippen LogP contribution < -0.4 is 10.6 Å². The number of piperidine rings is 1. The van der Waals surface area contributed by atoms with E-state index in [0.717, 1.165) is 0 Å². The molecule has 0 unspecified atom stereocenters. The number of benzene rings is 1. The number of carbonyl (C=O) groups excluding carboxylic acids is 3. The summed E-state index contributed by atoms with van der Waals surface area (Å²) in [5.41, 5.74) is 1.24. The Morgan fingerprint density at radius 1 is 1.17 bits per heavy atom. The van der Waals surface area contributed by atoms with Gasteiger partial charge in [0.15, 0.2) is 0 Å². The molecule has 2 rings (SSSR count). The Kier molecular flexibility index (Phi) is 6.17. The standard InChI is InChI=1S/C17H23N3O4/c1-3-24-16(22)13-7-9-20(10-8-13)17(23)19-15-6-4-5-14(11-15)18-12(2)21/h4-6,11,13H,3,7-10H2,1-2H3,(H,18,21)(H,19,23). The zero-order valence-electron chi connectivity index (χ0n) is 14.0. The quantitative estimate of drug-likeness (QED) is 0.829. The number of hydrogen-bond donors (Lipinski definition) is 2. The van der Waals surface area contributed by atoms with Crippen molar-refractivity contribution in [1.29, 1.82) is 0 Å². The van der Waals surface area contributed by atoms with E-state index in [-0.39, 0.29) is 23.8 Å². The predicted molar refractivity (Wildman–Crippen MR) is 90.7 cm³/mol. The Balaban J connectivity index is 1.87. The van der Waals surface area contributed by atoms with Gasteiger partial charge in [-0.3, -0.25) is 9.59 Å². The third kappa shape index (κ3) is 4.97. The zero-order chi connectivity index (χ0) is 17.5.